The zero-order chi connectivity index (χ0) is 14.0. The summed E-state index contributed by atoms with van der Waals surface area (Å²) >= 11 is 0. The zero-order valence-corrected chi connectivity index (χ0v) is 11.9. The van der Waals surface area contributed by atoms with Crippen molar-refractivity contribution < 1.29 is 9.13 Å². The molecule has 0 aromatic heterocycles. The minimum Gasteiger partial charge on any atom is -0.369 e. The van der Waals surface area contributed by atoms with Crippen molar-refractivity contribution in [1.29, 1.82) is 0 Å². The summed E-state index contributed by atoms with van der Waals surface area (Å²) < 4.78 is 19.3. The van der Waals surface area contributed by atoms with E-state index in [-0.39, 0.29) is 17.5 Å². The molecule has 1 unspecified atom stereocenters. The number of rotatable bonds is 3. The smallest absolute Gasteiger partial charge is 0.123 e. The summed E-state index contributed by atoms with van der Waals surface area (Å²) in [5, 5.41) is 0. The molecule has 1 aromatic carbocycles. The number of benzene rings is 1. The number of halogens is 1. The average Bonchev–Trinajstić information content (AvgIpc) is 2.26. The molecule has 1 aliphatic rings. The van der Waals surface area contributed by atoms with Crippen molar-refractivity contribution in [3.05, 3.63) is 29.6 Å². The first-order valence-corrected chi connectivity index (χ1v) is 6.82. The fraction of sp³-hybridized carbons (Fsp3) is 0.600. The number of anilines is 1. The van der Waals surface area contributed by atoms with Crippen LogP contribution in [0.2, 0.25) is 0 Å². The number of ether oxygens (including phenoxy) is 1. The summed E-state index contributed by atoms with van der Waals surface area (Å²) in [6, 6.07) is 4.96. The highest BCUT2D eigenvalue weighted by molar-refractivity contribution is 5.54. The maximum absolute atomic E-state index is 13.4. The molecule has 1 atom stereocenters. The molecule has 3 nitrogen and oxygen atoms in total. The van der Waals surface area contributed by atoms with Crippen molar-refractivity contribution in [2.24, 2.45) is 5.73 Å². The Bertz CT molecular complexity index is 448. The lowest BCUT2D eigenvalue weighted by Crippen LogP contribution is -2.52. The van der Waals surface area contributed by atoms with Crippen LogP contribution in [0.15, 0.2) is 18.2 Å². The fourth-order valence-corrected chi connectivity index (χ4v) is 2.86. The summed E-state index contributed by atoms with van der Waals surface area (Å²) in [5.74, 6) is -0.201. The van der Waals surface area contributed by atoms with Crippen LogP contribution in [0.3, 0.4) is 0 Å². The highest BCUT2D eigenvalue weighted by atomic mass is 19.1. The Kier molecular flexibility index (Phi) is 4.11. The molecule has 0 aliphatic carbocycles. The Balaban J connectivity index is 2.30. The predicted molar refractivity (Wildman–Crippen MR) is 76.0 cm³/mol. The third-order valence-electron chi connectivity index (χ3n) is 3.37. The quantitative estimate of drug-likeness (QED) is 0.912. The lowest BCUT2D eigenvalue weighted by atomic mass is 10.0. The average molecular weight is 266 g/mol. The van der Waals surface area contributed by atoms with Crippen molar-refractivity contribution in [2.75, 3.05) is 24.5 Å². The minimum absolute atomic E-state index is 0.166. The Hall–Kier alpha value is -1.13. The number of hydrogen-bond donors (Lipinski definition) is 1. The van der Waals surface area contributed by atoms with E-state index < -0.39 is 0 Å². The molecule has 1 aromatic rings. The summed E-state index contributed by atoms with van der Waals surface area (Å²) in [7, 11) is 0. The lowest BCUT2D eigenvalue weighted by Gasteiger charge is -2.43. The number of morpholine rings is 1. The van der Waals surface area contributed by atoms with Crippen molar-refractivity contribution in [2.45, 2.75) is 38.9 Å². The largest absolute Gasteiger partial charge is 0.369 e. The molecule has 1 saturated heterocycles. The molecule has 1 fully saturated rings. The van der Waals surface area contributed by atoms with Crippen LogP contribution in [0, 0.1) is 5.82 Å². The monoisotopic (exact) mass is 266 g/mol. The van der Waals surface area contributed by atoms with E-state index in [0.29, 0.717) is 13.0 Å². The second kappa shape index (κ2) is 5.47. The number of nitrogens with zero attached hydrogens (tertiary/aromatic N) is 1. The van der Waals surface area contributed by atoms with Gasteiger partial charge < -0.3 is 15.4 Å². The van der Waals surface area contributed by atoms with Gasteiger partial charge in [-0.1, -0.05) is 0 Å². The van der Waals surface area contributed by atoms with Gasteiger partial charge in [-0.05, 0) is 57.5 Å². The van der Waals surface area contributed by atoms with Crippen molar-refractivity contribution in [1.82, 2.24) is 0 Å². The van der Waals surface area contributed by atoms with Gasteiger partial charge in [-0.2, -0.15) is 0 Å². The zero-order valence-electron chi connectivity index (χ0n) is 11.9. The molecule has 106 valence electrons. The molecule has 0 bridgehead atoms. The minimum atomic E-state index is -0.201. The van der Waals surface area contributed by atoms with E-state index in [1.807, 2.05) is 6.07 Å². The first kappa shape index (κ1) is 14.3. The third-order valence-corrected chi connectivity index (χ3v) is 3.37. The summed E-state index contributed by atoms with van der Waals surface area (Å²) in [5.41, 5.74) is 7.49. The Morgan fingerprint density at radius 2 is 2.21 bits per heavy atom. The summed E-state index contributed by atoms with van der Waals surface area (Å²) in [4.78, 5) is 2.28. The van der Waals surface area contributed by atoms with Crippen LogP contribution >= 0.6 is 0 Å². The van der Waals surface area contributed by atoms with Gasteiger partial charge in [-0.15, -0.1) is 0 Å². The standard InChI is InChI=1S/C15H23FN2O/c1-11-9-18(10-15(2,3)19-11)14-5-4-13(16)8-12(14)6-7-17/h4-5,8,11H,6-7,9-10,17H2,1-3H3. The van der Waals surface area contributed by atoms with Gasteiger partial charge in [-0.25, -0.2) is 4.39 Å². The highest BCUT2D eigenvalue weighted by Gasteiger charge is 2.32. The van der Waals surface area contributed by atoms with Gasteiger partial charge in [-0.3, -0.25) is 0 Å². The van der Waals surface area contributed by atoms with E-state index in [2.05, 4.69) is 25.7 Å². The summed E-state index contributed by atoms with van der Waals surface area (Å²) in [6.45, 7) is 8.40. The van der Waals surface area contributed by atoms with Crippen LogP contribution in [0.5, 0.6) is 0 Å². The van der Waals surface area contributed by atoms with E-state index in [1.54, 1.807) is 6.07 Å². The molecule has 0 spiro atoms. The molecular weight excluding hydrogens is 243 g/mol. The Morgan fingerprint density at radius 3 is 2.84 bits per heavy atom. The Labute approximate surface area is 114 Å². The van der Waals surface area contributed by atoms with Gasteiger partial charge in [0.15, 0.2) is 0 Å². The molecule has 2 N–H and O–H groups in total. The molecule has 0 saturated carbocycles. The van der Waals surface area contributed by atoms with Gasteiger partial charge in [0.2, 0.25) is 0 Å². The molecule has 4 heteroatoms. The van der Waals surface area contributed by atoms with E-state index in [0.717, 1.165) is 24.3 Å². The first-order chi connectivity index (χ1) is 8.91. The maximum atomic E-state index is 13.4. The predicted octanol–water partition coefficient (Wildman–Crippen LogP) is 2.33. The van der Waals surface area contributed by atoms with Gasteiger partial charge in [0, 0.05) is 18.8 Å². The number of nitrogens with two attached hydrogens (primary N) is 1. The van der Waals surface area contributed by atoms with Crippen molar-refractivity contribution in [3.8, 4) is 0 Å². The van der Waals surface area contributed by atoms with Crippen LogP contribution in [0.25, 0.3) is 0 Å². The van der Waals surface area contributed by atoms with Gasteiger partial charge in [0.25, 0.3) is 0 Å². The van der Waals surface area contributed by atoms with Crippen LogP contribution in [0.4, 0.5) is 10.1 Å². The normalized spacial score (nSPS) is 22.6. The van der Waals surface area contributed by atoms with Gasteiger partial charge >= 0.3 is 0 Å². The van der Waals surface area contributed by atoms with Crippen LogP contribution in [-0.2, 0) is 11.2 Å². The highest BCUT2D eigenvalue weighted by Crippen LogP contribution is 2.29. The first-order valence-electron chi connectivity index (χ1n) is 6.82. The topological polar surface area (TPSA) is 38.5 Å². The molecule has 1 heterocycles. The van der Waals surface area contributed by atoms with Crippen molar-refractivity contribution in [3.63, 3.8) is 0 Å². The van der Waals surface area contributed by atoms with Crippen molar-refractivity contribution >= 4 is 5.69 Å². The second-order valence-electron chi connectivity index (χ2n) is 5.88. The van der Waals surface area contributed by atoms with E-state index in [9.17, 15) is 4.39 Å². The Morgan fingerprint density at radius 1 is 1.47 bits per heavy atom. The van der Waals surface area contributed by atoms with Crippen LogP contribution in [-0.4, -0.2) is 31.3 Å². The van der Waals surface area contributed by atoms with Gasteiger partial charge in [0.05, 0.1) is 11.7 Å². The second-order valence-corrected chi connectivity index (χ2v) is 5.88. The SMILES string of the molecule is CC1CN(c2ccc(F)cc2CCN)CC(C)(C)O1. The molecule has 2 rings (SSSR count). The molecule has 1 aliphatic heterocycles. The van der Waals surface area contributed by atoms with E-state index >= 15 is 0 Å². The lowest BCUT2D eigenvalue weighted by molar-refractivity contribution is -0.0750. The maximum Gasteiger partial charge on any atom is 0.123 e. The molecule has 0 radical (unpaired) electrons. The molecule has 19 heavy (non-hydrogen) atoms. The van der Waals surface area contributed by atoms with E-state index in [1.165, 1.54) is 6.07 Å². The fourth-order valence-electron chi connectivity index (χ4n) is 2.86. The van der Waals surface area contributed by atoms with E-state index in [4.69, 9.17) is 10.5 Å². The number of hydrogen-bond acceptors (Lipinski definition) is 3. The molecule has 0 amide bonds. The third kappa shape index (κ3) is 3.45. The summed E-state index contributed by atoms with van der Waals surface area (Å²) in [6.07, 6.45) is 0.860. The van der Waals surface area contributed by atoms with Crippen LogP contribution in [0.1, 0.15) is 26.3 Å². The van der Waals surface area contributed by atoms with Gasteiger partial charge in [0.1, 0.15) is 5.82 Å². The van der Waals surface area contributed by atoms with Crippen LogP contribution < -0.4 is 10.6 Å². The molecular formula is C15H23FN2O.